The largest absolute Gasteiger partial charge is 0.493 e. The first-order valence-corrected chi connectivity index (χ1v) is 7.65. The van der Waals surface area contributed by atoms with Crippen molar-refractivity contribution in [2.24, 2.45) is 5.73 Å². The lowest BCUT2D eigenvalue weighted by atomic mass is 10.1. The molecule has 25 heavy (non-hydrogen) atoms. The summed E-state index contributed by atoms with van der Waals surface area (Å²) in [5.41, 5.74) is 5.91. The van der Waals surface area contributed by atoms with E-state index in [0.717, 1.165) is 0 Å². The quantitative estimate of drug-likeness (QED) is 0.725. The molecule has 0 atom stereocenters. The molecule has 0 saturated carbocycles. The average Bonchev–Trinajstić information content (AvgIpc) is 2.59. The van der Waals surface area contributed by atoms with Crippen molar-refractivity contribution in [3.8, 4) is 22.9 Å². The van der Waals surface area contributed by atoms with Crippen molar-refractivity contribution < 1.29 is 14.3 Å². The number of rotatable bonds is 5. The van der Waals surface area contributed by atoms with Crippen molar-refractivity contribution in [1.29, 1.82) is 0 Å². The number of carbonyl (C=O) groups is 1. The summed E-state index contributed by atoms with van der Waals surface area (Å²) in [4.78, 5) is 30.3. The number of primary amides is 1. The molecular weight excluding hydrogens is 346 g/mol. The maximum Gasteiger partial charge on any atom is 0.259 e. The molecule has 1 amide bonds. The van der Waals surface area contributed by atoms with Gasteiger partial charge in [0.25, 0.3) is 11.5 Å². The molecule has 1 heterocycles. The van der Waals surface area contributed by atoms with E-state index in [9.17, 15) is 9.59 Å². The second-order valence-corrected chi connectivity index (χ2v) is 5.58. The monoisotopic (exact) mass is 359 g/mol. The molecule has 0 radical (unpaired) electrons. The summed E-state index contributed by atoms with van der Waals surface area (Å²) in [6.07, 6.45) is 0. The van der Waals surface area contributed by atoms with Crippen LogP contribution in [0.1, 0.15) is 0 Å². The van der Waals surface area contributed by atoms with E-state index in [2.05, 4.69) is 9.97 Å². The van der Waals surface area contributed by atoms with Gasteiger partial charge >= 0.3 is 0 Å². The summed E-state index contributed by atoms with van der Waals surface area (Å²) >= 11 is 6.23. The lowest BCUT2D eigenvalue weighted by molar-refractivity contribution is -0.119. The number of fused-ring (bicyclic) bond motifs is 1. The minimum absolute atomic E-state index is 0.190. The number of aromatic nitrogens is 2. The molecule has 7 nitrogen and oxygen atoms in total. The summed E-state index contributed by atoms with van der Waals surface area (Å²) in [5.74, 6) is 0.183. The third kappa shape index (κ3) is 3.41. The molecule has 0 spiro atoms. The Morgan fingerprint density at radius 1 is 1.32 bits per heavy atom. The molecule has 128 valence electrons. The highest BCUT2D eigenvalue weighted by Crippen LogP contribution is 2.38. The standard InChI is InChI=1S/C17H14ClN3O4/c1-24-13-7-9(6-11(18)15(13)25-8-14(19)22)16-20-12-5-3-2-4-10(12)17(23)21-16/h2-7H,8H2,1H3,(H2,19,22)(H,20,21,23). The van der Waals surface area contributed by atoms with Gasteiger partial charge in [0.05, 0.1) is 23.0 Å². The second kappa shape index (κ2) is 6.82. The minimum atomic E-state index is -0.636. The molecule has 0 bridgehead atoms. The highest BCUT2D eigenvalue weighted by molar-refractivity contribution is 6.32. The average molecular weight is 360 g/mol. The van der Waals surface area contributed by atoms with Crippen molar-refractivity contribution in [2.45, 2.75) is 0 Å². The smallest absolute Gasteiger partial charge is 0.259 e. The number of para-hydroxylation sites is 1. The topological polar surface area (TPSA) is 107 Å². The number of H-pyrrole nitrogens is 1. The summed E-state index contributed by atoms with van der Waals surface area (Å²) in [7, 11) is 1.43. The van der Waals surface area contributed by atoms with Gasteiger partial charge in [0.2, 0.25) is 0 Å². The number of nitrogens with one attached hydrogen (secondary N) is 1. The fourth-order valence-electron chi connectivity index (χ4n) is 2.36. The first kappa shape index (κ1) is 16.8. The zero-order chi connectivity index (χ0) is 18.0. The van der Waals surface area contributed by atoms with E-state index < -0.39 is 5.91 Å². The molecular formula is C17H14ClN3O4. The van der Waals surface area contributed by atoms with Gasteiger partial charge < -0.3 is 20.2 Å². The number of hydrogen-bond donors (Lipinski definition) is 2. The Labute approximate surface area is 147 Å². The van der Waals surface area contributed by atoms with E-state index in [4.69, 9.17) is 26.8 Å². The van der Waals surface area contributed by atoms with Crippen LogP contribution < -0.4 is 20.8 Å². The van der Waals surface area contributed by atoms with Crippen LogP contribution in [0.25, 0.3) is 22.3 Å². The first-order chi connectivity index (χ1) is 12.0. The lowest BCUT2D eigenvalue weighted by Gasteiger charge is -2.13. The molecule has 0 aliphatic heterocycles. The van der Waals surface area contributed by atoms with Gasteiger partial charge in [-0.1, -0.05) is 23.7 Å². The van der Waals surface area contributed by atoms with Crippen LogP contribution in [0, 0.1) is 0 Å². The van der Waals surface area contributed by atoms with Crippen molar-refractivity contribution in [3.05, 3.63) is 51.8 Å². The number of nitrogens with two attached hydrogens (primary N) is 1. The van der Waals surface area contributed by atoms with Gasteiger partial charge in [0.15, 0.2) is 18.1 Å². The third-order valence-electron chi connectivity index (χ3n) is 3.47. The normalized spacial score (nSPS) is 10.6. The predicted molar refractivity (Wildman–Crippen MR) is 94.1 cm³/mol. The highest BCUT2D eigenvalue weighted by atomic mass is 35.5. The zero-order valence-corrected chi connectivity index (χ0v) is 14.0. The maximum absolute atomic E-state index is 12.2. The second-order valence-electron chi connectivity index (χ2n) is 5.18. The van der Waals surface area contributed by atoms with Gasteiger partial charge in [-0.15, -0.1) is 0 Å². The van der Waals surface area contributed by atoms with Crippen molar-refractivity contribution >= 4 is 28.4 Å². The fraction of sp³-hybridized carbons (Fsp3) is 0.118. The van der Waals surface area contributed by atoms with E-state index in [0.29, 0.717) is 28.0 Å². The van der Waals surface area contributed by atoms with Gasteiger partial charge in [-0.3, -0.25) is 9.59 Å². The molecule has 0 fully saturated rings. The number of hydrogen-bond acceptors (Lipinski definition) is 5. The number of aromatic amines is 1. The van der Waals surface area contributed by atoms with Crippen LogP contribution in [0.15, 0.2) is 41.2 Å². The molecule has 1 aromatic heterocycles. The number of halogens is 1. The molecule has 8 heteroatoms. The Morgan fingerprint density at radius 3 is 2.80 bits per heavy atom. The van der Waals surface area contributed by atoms with Gasteiger partial charge in [0.1, 0.15) is 5.82 Å². The molecule has 0 unspecified atom stereocenters. The minimum Gasteiger partial charge on any atom is -0.493 e. The molecule has 3 rings (SSSR count). The van der Waals surface area contributed by atoms with Crippen LogP contribution in [0.4, 0.5) is 0 Å². The van der Waals surface area contributed by atoms with E-state index in [1.165, 1.54) is 7.11 Å². The van der Waals surface area contributed by atoms with Gasteiger partial charge in [-0.05, 0) is 24.3 Å². The fourth-order valence-corrected chi connectivity index (χ4v) is 2.63. The molecule has 0 aliphatic rings. The molecule has 0 aliphatic carbocycles. The Hall–Kier alpha value is -3.06. The van der Waals surface area contributed by atoms with Gasteiger partial charge in [-0.25, -0.2) is 4.98 Å². The molecule has 3 aromatic rings. The first-order valence-electron chi connectivity index (χ1n) is 7.27. The van der Waals surface area contributed by atoms with Crippen LogP contribution in [0.5, 0.6) is 11.5 Å². The summed E-state index contributed by atoms with van der Waals surface area (Å²) in [5, 5.41) is 0.692. The Kier molecular flexibility index (Phi) is 4.58. The van der Waals surface area contributed by atoms with E-state index in [-0.39, 0.29) is 22.9 Å². The predicted octanol–water partition coefficient (Wildman–Crippen LogP) is 2.12. The molecule has 3 N–H and O–H groups in total. The van der Waals surface area contributed by atoms with Crippen molar-refractivity contribution in [1.82, 2.24) is 9.97 Å². The SMILES string of the molecule is COc1cc(-c2nc3ccccc3c(=O)[nH]2)cc(Cl)c1OCC(N)=O. The number of benzene rings is 2. The van der Waals surface area contributed by atoms with Crippen LogP contribution >= 0.6 is 11.6 Å². The number of methoxy groups -OCH3 is 1. The van der Waals surface area contributed by atoms with Gasteiger partial charge in [-0.2, -0.15) is 0 Å². The molecule has 2 aromatic carbocycles. The lowest BCUT2D eigenvalue weighted by Crippen LogP contribution is -2.20. The third-order valence-corrected chi connectivity index (χ3v) is 3.76. The van der Waals surface area contributed by atoms with E-state index >= 15 is 0 Å². The van der Waals surface area contributed by atoms with E-state index in [1.807, 2.05) is 0 Å². The Morgan fingerprint density at radius 2 is 2.08 bits per heavy atom. The van der Waals surface area contributed by atoms with Crippen LogP contribution in [-0.2, 0) is 4.79 Å². The van der Waals surface area contributed by atoms with Crippen LogP contribution in [0.3, 0.4) is 0 Å². The van der Waals surface area contributed by atoms with Gasteiger partial charge in [0, 0.05) is 5.56 Å². The Balaban J connectivity index is 2.10. The summed E-state index contributed by atoms with van der Waals surface area (Å²) in [6.45, 7) is -0.333. The summed E-state index contributed by atoms with van der Waals surface area (Å²) < 4.78 is 10.5. The Bertz CT molecular complexity index is 1020. The number of carbonyl (C=O) groups excluding carboxylic acids is 1. The van der Waals surface area contributed by atoms with Crippen molar-refractivity contribution in [3.63, 3.8) is 0 Å². The zero-order valence-electron chi connectivity index (χ0n) is 13.2. The molecule has 0 saturated heterocycles. The summed E-state index contributed by atoms with van der Waals surface area (Å²) in [6, 6.07) is 10.2. The van der Waals surface area contributed by atoms with Crippen molar-refractivity contribution in [2.75, 3.05) is 13.7 Å². The highest BCUT2D eigenvalue weighted by Gasteiger charge is 2.15. The van der Waals surface area contributed by atoms with Crippen LogP contribution in [-0.4, -0.2) is 29.6 Å². The van der Waals surface area contributed by atoms with Crippen LogP contribution in [0.2, 0.25) is 5.02 Å². The number of nitrogens with zero attached hydrogens (tertiary/aromatic N) is 1. The van der Waals surface area contributed by atoms with E-state index in [1.54, 1.807) is 36.4 Å². The maximum atomic E-state index is 12.2. The number of ether oxygens (including phenoxy) is 2. The number of amides is 1.